The summed E-state index contributed by atoms with van der Waals surface area (Å²) in [7, 11) is 1.55. The van der Waals surface area contributed by atoms with E-state index in [0.717, 1.165) is 33.3 Å². The van der Waals surface area contributed by atoms with Gasteiger partial charge in [-0.05, 0) is 56.2 Å². The molecule has 2 heterocycles. The van der Waals surface area contributed by atoms with Gasteiger partial charge in [0.2, 0.25) is 0 Å². The van der Waals surface area contributed by atoms with Crippen LogP contribution in [0.2, 0.25) is 0 Å². The highest BCUT2D eigenvalue weighted by Crippen LogP contribution is 2.46. The largest absolute Gasteiger partial charge is 0.507 e. The summed E-state index contributed by atoms with van der Waals surface area (Å²) < 4.78 is 5.37. The maximum atomic E-state index is 13.5. The predicted octanol–water partition coefficient (Wildman–Crippen LogP) is 5.73. The molecule has 1 aromatic heterocycles. The highest BCUT2D eigenvalue weighted by atomic mass is 16.5. The standard InChI is InChI=1S/C29H26N2O4/c1-16-12-13-19(14-17(16)2)27(32)25-26(24-18(3)30-23-11-6-5-10-22(23)24)31(29(34)28(25)33)20-8-7-9-21(15-20)35-4/h5-15,26,30,32H,1-4H3/b27-25+. The van der Waals surface area contributed by atoms with Crippen molar-refractivity contribution in [2.45, 2.75) is 26.8 Å². The summed E-state index contributed by atoms with van der Waals surface area (Å²) in [6.45, 7) is 5.84. The van der Waals surface area contributed by atoms with Crippen LogP contribution in [0.5, 0.6) is 5.75 Å². The van der Waals surface area contributed by atoms with Crippen molar-refractivity contribution < 1.29 is 19.4 Å². The molecule has 5 rings (SSSR count). The number of aryl methyl sites for hydroxylation is 3. The Morgan fingerprint density at radius 2 is 1.71 bits per heavy atom. The molecule has 0 spiro atoms. The van der Waals surface area contributed by atoms with Gasteiger partial charge in [0, 0.05) is 39.5 Å². The Morgan fingerprint density at radius 1 is 0.943 bits per heavy atom. The number of aromatic amines is 1. The van der Waals surface area contributed by atoms with Gasteiger partial charge < -0.3 is 14.8 Å². The topological polar surface area (TPSA) is 82.6 Å². The summed E-state index contributed by atoms with van der Waals surface area (Å²) in [5.74, 6) is -1.05. The second-order valence-corrected chi connectivity index (χ2v) is 8.88. The lowest BCUT2D eigenvalue weighted by Gasteiger charge is -2.26. The minimum absolute atomic E-state index is 0.0638. The summed E-state index contributed by atoms with van der Waals surface area (Å²) >= 11 is 0. The number of nitrogens with one attached hydrogen (secondary N) is 1. The third-order valence-corrected chi connectivity index (χ3v) is 6.77. The van der Waals surface area contributed by atoms with Crippen LogP contribution >= 0.6 is 0 Å². The molecule has 3 aromatic carbocycles. The number of para-hydroxylation sites is 1. The van der Waals surface area contributed by atoms with Crippen LogP contribution in [0.3, 0.4) is 0 Å². The van der Waals surface area contributed by atoms with Crippen LogP contribution < -0.4 is 9.64 Å². The Bertz CT molecular complexity index is 1530. The van der Waals surface area contributed by atoms with E-state index < -0.39 is 17.7 Å². The molecule has 1 unspecified atom stereocenters. The molecule has 0 bridgehead atoms. The Balaban J connectivity index is 1.82. The van der Waals surface area contributed by atoms with E-state index in [1.54, 1.807) is 37.4 Å². The molecular weight excluding hydrogens is 440 g/mol. The van der Waals surface area contributed by atoms with E-state index in [-0.39, 0.29) is 11.3 Å². The van der Waals surface area contributed by atoms with E-state index in [1.807, 2.05) is 57.2 Å². The van der Waals surface area contributed by atoms with Gasteiger partial charge in [-0.3, -0.25) is 14.5 Å². The fraction of sp³-hybridized carbons (Fsp3) is 0.172. The highest BCUT2D eigenvalue weighted by Gasteiger charge is 2.48. The molecule has 0 aliphatic carbocycles. The average Bonchev–Trinajstić information content (AvgIpc) is 3.32. The summed E-state index contributed by atoms with van der Waals surface area (Å²) in [6.07, 6.45) is 0. The number of aliphatic hydroxyl groups excluding tert-OH is 1. The van der Waals surface area contributed by atoms with E-state index in [9.17, 15) is 14.7 Å². The number of H-pyrrole nitrogens is 1. The second-order valence-electron chi connectivity index (χ2n) is 8.88. The number of ether oxygens (including phenoxy) is 1. The van der Waals surface area contributed by atoms with Crippen molar-refractivity contribution in [1.82, 2.24) is 4.98 Å². The summed E-state index contributed by atoms with van der Waals surface area (Å²) in [6, 6.07) is 19.5. The number of fused-ring (bicyclic) bond motifs is 1. The molecule has 0 saturated carbocycles. The number of aliphatic hydroxyl groups is 1. The molecule has 1 atom stereocenters. The van der Waals surface area contributed by atoms with Gasteiger partial charge in [0.25, 0.3) is 11.7 Å². The van der Waals surface area contributed by atoms with Gasteiger partial charge in [0.05, 0.1) is 18.7 Å². The van der Waals surface area contributed by atoms with E-state index in [4.69, 9.17) is 4.74 Å². The van der Waals surface area contributed by atoms with Crippen LogP contribution in [-0.4, -0.2) is 28.9 Å². The normalized spacial score (nSPS) is 17.4. The average molecular weight is 467 g/mol. The number of rotatable bonds is 4. The van der Waals surface area contributed by atoms with E-state index in [2.05, 4.69) is 4.98 Å². The number of methoxy groups -OCH3 is 1. The highest BCUT2D eigenvalue weighted by molar-refractivity contribution is 6.52. The number of anilines is 1. The van der Waals surface area contributed by atoms with Gasteiger partial charge in [0.1, 0.15) is 11.5 Å². The van der Waals surface area contributed by atoms with Crippen molar-refractivity contribution >= 4 is 34.0 Å². The van der Waals surface area contributed by atoms with E-state index in [1.165, 1.54) is 4.90 Å². The molecule has 6 nitrogen and oxygen atoms in total. The molecule has 0 radical (unpaired) electrons. The first-order valence-corrected chi connectivity index (χ1v) is 11.4. The first kappa shape index (κ1) is 22.5. The number of carbonyl (C=O) groups is 2. The Kier molecular flexibility index (Phi) is 5.44. The second kappa shape index (κ2) is 8.47. The number of hydrogen-bond acceptors (Lipinski definition) is 4. The number of nitrogens with zero attached hydrogens (tertiary/aromatic N) is 1. The third-order valence-electron chi connectivity index (χ3n) is 6.77. The first-order valence-electron chi connectivity index (χ1n) is 11.4. The quantitative estimate of drug-likeness (QED) is 0.229. The van der Waals surface area contributed by atoms with Crippen molar-refractivity contribution in [3.8, 4) is 5.75 Å². The number of ketones is 1. The van der Waals surface area contributed by atoms with Crippen LogP contribution in [0, 0.1) is 20.8 Å². The molecule has 4 aromatic rings. The maximum Gasteiger partial charge on any atom is 0.300 e. The molecule has 1 aliphatic heterocycles. The summed E-state index contributed by atoms with van der Waals surface area (Å²) in [5.41, 5.74) is 5.61. The van der Waals surface area contributed by atoms with Crippen LogP contribution in [-0.2, 0) is 9.59 Å². The minimum atomic E-state index is -0.820. The number of benzene rings is 3. The smallest absolute Gasteiger partial charge is 0.300 e. The fourth-order valence-electron chi connectivity index (χ4n) is 4.83. The monoisotopic (exact) mass is 466 g/mol. The number of Topliss-reactive ketones (excluding diaryl/α,β-unsaturated/α-hetero) is 1. The van der Waals surface area contributed by atoms with Gasteiger partial charge in [-0.1, -0.05) is 36.4 Å². The zero-order valence-electron chi connectivity index (χ0n) is 20.0. The van der Waals surface area contributed by atoms with Gasteiger partial charge in [-0.25, -0.2) is 0 Å². The predicted molar refractivity (Wildman–Crippen MR) is 137 cm³/mol. The van der Waals surface area contributed by atoms with Gasteiger partial charge >= 0.3 is 0 Å². The van der Waals surface area contributed by atoms with Crippen molar-refractivity contribution in [2.24, 2.45) is 0 Å². The van der Waals surface area contributed by atoms with Crippen LogP contribution in [0.4, 0.5) is 5.69 Å². The lowest BCUT2D eigenvalue weighted by Crippen LogP contribution is -2.29. The van der Waals surface area contributed by atoms with Crippen molar-refractivity contribution in [1.29, 1.82) is 0 Å². The number of carbonyl (C=O) groups excluding carboxylic acids is 2. The Morgan fingerprint density at radius 3 is 2.46 bits per heavy atom. The van der Waals surface area contributed by atoms with Crippen molar-refractivity contribution in [3.63, 3.8) is 0 Å². The van der Waals surface area contributed by atoms with Crippen LogP contribution in [0.25, 0.3) is 16.7 Å². The van der Waals surface area contributed by atoms with Gasteiger partial charge in [0.15, 0.2) is 0 Å². The summed E-state index contributed by atoms with van der Waals surface area (Å²) in [4.78, 5) is 31.8. The lowest BCUT2D eigenvalue weighted by atomic mass is 9.92. The van der Waals surface area contributed by atoms with Crippen molar-refractivity contribution in [2.75, 3.05) is 12.0 Å². The van der Waals surface area contributed by atoms with E-state index in [0.29, 0.717) is 17.0 Å². The van der Waals surface area contributed by atoms with Gasteiger partial charge in [-0.15, -0.1) is 0 Å². The maximum absolute atomic E-state index is 13.5. The number of aromatic nitrogens is 1. The SMILES string of the molecule is COc1cccc(N2C(=O)C(=O)/C(=C(/O)c3ccc(C)c(C)c3)C2c2c(C)[nH]c3ccccc23)c1. The zero-order valence-corrected chi connectivity index (χ0v) is 20.0. The van der Waals surface area contributed by atoms with Crippen LogP contribution in [0.15, 0.2) is 72.3 Å². The number of amides is 1. The van der Waals surface area contributed by atoms with E-state index >= 15 is 0 Å². The Hall–Kier alpha value is -4.32. The molecule has 1 aliphatic rings. The fourth-order valence-corrected chi connectivity index (χ4v) is 4.83. The summed E-state index contributed by atoms with van der Waals surface area (Å²) in [5, 5.41) is 12.4. The third kappa shape index (κ3) is 3.58. The Labute approximate surface area is 203 Å². The first-order chi connectivity index (χ1) is 16.8. The van der Waals surface area contributed by atoms with Crippen molar-refractivity contribution in [3.05, 3.63) is 100 Å². The molecular formula is C29H26N2O4. The van der Waals surface area contributed by atoms with Crippen LogP contribution in [0.1, 0.15) is 34.0 Å². The molecule has 1 fully saturated rings. The molecule has 2 N–H and O–H groups in total. The zero-order chi connectivity index (χ0) is 24.9. The molecule has 1 amide bonds. The molecule has 1 saturated heterocycles. The number of hydrogen-bond donors (Lipinski definition) is 2. The molecule has 176 valence electrons. The molecule has 35 heavy (non-hydrogen) atoms. The molecule has 6 heteroatoms. The lowest BCUT2D eigenvalue weighted by molar-refractivity contribution is -0.132. The van der Waals surface area contributed by atoms with Gasteiger partial charge in [-0.2, -0.15) is 0 Å². The minimum Gasteiger partial charge on any atom is -0.507 e.